The summed E-state index contributed by atoms with van der Waals surface area (Å²) >= 11 is 0. The molecule has 13 rings (SSSR count). The zero-order chi connectivity index (χ0) is 49.2. The van der Waals surface area contributed by atoms with Crippen molar-refractivity contribution in [1.29, 1.82) is 0 Å². The average Bonchev–Trinajstić information content (AvgIpc) is 3.50. The van der Waals surface area contributed by atoms with Crippen LogP contribution in [0.2, 0.25) is 0 Å². The fraction of sp³-hybridized carbons (Fsp3) is 0. The quantitative estimate of drug-likeness (QED) is 0.0894. The van der Waals surface area contributed by atoms with Gasteiger partial charge in [-0.3, -0.25) is 0 Å². The van der Waals surface area contributed by atoms with E-state index in [1.165, 1.54) is 10.8 Å². The molecule has 0 amide bonds. The molecule has 0 bridgehead atoms. The minimum absolute atomic E-state index is 1.06. The largest absolute Gasteiger partial charge is 0.310 e. The maximum atomic E-state index is 2.50. The van der Waals surface area contributed by atoms with Gasteiger partial charge in [-0.1, -0.05) is 170 Å². The van der Waals surface area contributed by atoms with E-state index in [9.17, 15) is 0 Å². The maximum Gasteiger partial charge on any atom is 0.0620 e. The molecule has 0 aliphatic heterocycles. The molecule has 13 aromatic rings. The van der Waals surface area contributed by atoms with E-state index in [0.29, 0.717) is 0 Å². The Morgan fingerprint density at radius 3 is 0.608 bits per heavy atom. The Bertz CT molecular complexity index is 3620. The zero-order valence-corrected chi connectivity index (χ0v) is 40.7. The number of hydrogen-bond acceptors (Lipinski definition) is 4. The van der Waals surface area contributed by atoms with Gasteiger partial charge in [0.15, 0.2) is 0 Å². The number of para-hydroxylation sites is 8. The molecule has 0 heterocycles. The molecule has 0 aromatic heterocycles. The SMILES string of the molecule is c1ccc(N(c2ccccc2)c2ccc(N(c3ccccc3)c3ccccc3)c3cc4c(N(c5ccccc5)c5ccccc5)c5cc6ccccc6cc5c(N(c5ccccc5)c5ccccc5)c4cc23)cc1. The second-order valence-corrected chi connectivity index (χ2v) is 18.5. The van der Waals surface area contributed by atoms with Gasteiger partial charge in [-0.05, 0) is 144 Å². The van der Waals surface area contributed by atoms with Gasteiger partial charge in [0, 0.05) is 77.8 Å². The molecular weight excluding hydrogens is 897 g/mol. The third kappa shape index (κ3) is 8.01. The van der Waals surface area contributed by atoms with Crippen molar-refractivity contribution >= 4 is 111 Å². The van der Waals surface area contributed by atoms with Crippen LogP contribution in [0.25, 0.3) is 43.1 Å². The summed E-state index contributed by atoms with van der Waals surface area (Å²) in [6, 6.07) is 110. The van der Waals surface area contributed by atoms with Crippen LogP contribution in [0, 0.1) is 0 Å². The van der Waals surface area contributed by atoms with E-state index in [2.05, 4.69) is 323 Å². The Hall–Kier alpha value is -9.90. The normalized spacial score (nSPS) is 11.2. The van der Waals surface area contributed by atoms with Crippen molar-refractivity contribution in [2.24, 2.45) is 0 Å². The second-order valence-electron chi connectivity index (χ2n) is 18.5. The molecule has 0 atom stereocenters. The van der Waals surface area contributed by atoms with Crippen LogP contribution in [0.5, 0.6) is 0 Å². The first kappa shape index (κ1) is 44.1. The summed E-state index contributed by atoms with van der Waals surface area (Å²) in [6.45, 7) is 0. The van der Waals surface area contributed by atoms with E-state index in [1.807, 2.05) is 0 Å². The Morgan fingerprint density at radius 2 is 0.365 bits per heavy atom. The van der Waals surface area contributed by atoms with Gasteiger partial charge >= 0.3 is 0 Å². The van der Waals surface area contributed by atoms with Crippen LogP contribution in [0.4, 0.5) is 68.2 Å². The number of fused-ring (bicyclic) bond motifs is 4. The smallest absolute Gasteiger partial charge is 0.0620 e. The van der Waals surface area contributed by atoms with Gasteiger partial charge in [-0.25, -0.2) is 0 Å². The minimum Gasteiger partial charge on any atom is -0.310 e. The lowest BCUT2D eigenvalue weighted by Gasteiger charge is -2.34. The predicted molar refractivity (Wildman–Crippen MR) is 315 cm³/mol. The zero-order valence-electron chi connectivity index (χ0n) is 40.7. The van der Waals surface area contributed by atoms with Crippen molar-refractivity contribution in [3.8, 4) is 0 Å². The lowest BCUT2D eigenvalue weighted by Crippen LogP contribution is -2.15. The van der Waals surface area contributed by atoms with Crippen molar-refractivity contribution in [3.05, 3.63) is 303 Å². The van der Waals surface area contributed by atoms with Crippen molar-refractivity contribution in [3.63, 3.8) is 0 Å². The standard InChI is InChI=1S/C70H50N4/c1-9-29-53(30-10-1)71(54-31-11-2-12-32-54)67-45-46-68(72(55-33-13-3-14-34-55)56-35-15-4-16-36-56)62-50-66-65(49-61(62)67)69(73(57-37-17-5-18-38-57)58-39-19-6-20-40-58)63-47-51-27-25-26-28-52(51)48-64(63)70(66)74(59-41-21-7-22-42-59)60-43-23-8-24-44-60/h1-50H. The monoisotopic (exact) mass is 946 g/mol. The van der Waals surface area contributed by atoms with E-state index < -0.39 is 0 Å². The van der Waals surface area contributed by atoms with Crippen LogP contribution in [-0.2, 0) is 0 Å². The van der Waals surface area contributed by atoms with Gasteiger partial charge in [0.25, 0.3) is 0 Å². The van der Waals surface area contributed by atoms with Gasteiger partial charge in [0.2, 0.25) is 0 Å². The summed E-state index contributed by atoms with van der Waals surface area (Å²) in [6.07, 6.45) is 0. The molecule has 74 heavy (non-hydrogen) atoms. The summed E-state index contributed by atoms with van der Waals surface area (Å²) in [7, 11) is 0. The topological polar surface area (TPSA) is 13.0 Å². The van der Waals surface area contributed by atoms with E-state index in [4.69, 9.17) is 0 Å². The Kier molecular flexibility index (Phi) is 11.5. The molecule has 4 heteroatoms. The summed E-state index contributed by atoms with van der Waals surface area (Å²) in [5, 5.41) is 9.00. The lowest BCUT2D eigenvalue weighted by atomic mass is 9.90. The van der Waals surface area contributed by atoms with E-state index in [-0.39, 0.29) is 0 Å². The highest BCUT2D eigenvalue weighted by Crippen LogP contribution is 2.55. The Morgan fingerprint density at radius 1 is 0.162 bits per heavy atom. The molecule has 0 radical (unpaired) electrons. The number of rotatable bonds is 12. The summed E-state index contributed by atoms with van der Waals surface area (Å²) in [4.78, 5) is 9.77. The molecule has 0 unspecified atom stereocenters. The highest BCUT2D eigenvalue weighted by atomic mass is 15.2. The molecule has 0 fully saturated rings. The van der Waals surface area contributed by atoms with Crippen LogP contribution in [0.15, 0.2) is 303 Å². The van der Waals surface area contributed by atoms with E-state index >= 15 is 0 Å². The highest BCUT2D eigenvalue weighted by Gasteiger charge is 2.29. The van der Waals surface area contributed by atoms with Crippen molar-refractivity contribution in [1.82, 2.24) is 0 Å². The van der Waals surface area contributed by atoms with E-state index in [1.54, 1.807) is 0 Å². The summed E-state index contributed by atoms with van der Waals surface area (Å²) in [5.41, 5.74) is 12.8. The minimum atomic E-state index is 1.06. The second kappa shape index (κ2) is 19.4. The van der Waals surface area contributed by atoms with Crippen LogP contribution in [-0.4, -0.2) is 0 Å². The van der Waals surface area contributed by atoms with Gasteiger partial charge in [-0.15, -0.1) is 0 Å². The molecule has 13 aromatic carbocycles. The Labute approximate surface area is 432 Å². The molecule has 4 nitrogen and oxygen atoms in total. The van der Waals surface area contributed by atoms with Gasteiger partial charge < -0.3 is 19.6 Å². The first-order valence-electron chi connectivity index (χ1n) is 25.3. The fourth-order valence-corrected chi connectivity index (χ4v) is 10.8. The van der Waals surface area contributed by atoms with Crippen LogP contribution in [0.1, 0.15) is 0 Å². The van der Waals surface area contributed by atoms with Gasteiger partial charge in [-0.2, -0.15) is 0 Å². The summed E-state index contributed by atoms with van der Waals surface area (Å²) in [5.74, 6) is 0. The van der Waals surface area contributed by atoms with Crippen molar-refractivity contribution < 1.29 is 0 Å². The molecule has 0 aliphatic carbocycles. The Balaban J connectivity index is 1.28. The summed E-state index contributed by atoms with van der Waals surface area (Å²) < 4.78 is 0. The van der Waals surface area contributed by atoms with E-state index in [0.717, 1.165) is 101 Å². The number of benzene rings is 13. The molecular formula is C70H50N4. The predicted octanol–water partition coefficient (Wildman–Crippen LogP) is 20.2. The highest BCUT2D eigenvalue weighted by molar-refractivity contribution is 6.28. The molecule has 0 saturated carbocycles. The number of nitrogens with zero attached hydrogens (tertiary/aromatic N) is 4. The third-order valence-electron chi connectivity index (χ3n) is 14.1. The van der Waals surface area contributed by atoms with Crippen molar-refractivity contribution in [2.75, 3.05) is 19.6 Å². The number of hydrogen-bond donors (Lipinski definition) is 0. The van der Waals surface area contributed by atoms with Gasteiger partial charge in [0.1, 0.15) is 0 Å². The molecule has 0 N–H and O–H groups in total. The van der Waals surface area contributed by atoms with Crippen LogP contribution in [0.3, 0.4) is 0 Å². The average molecular weight is 947 g/mol. The first-order chi connectivity index (χ1) is 36.8. The molecule has 0 spiro atoms. The molecule has 0 aliphatic rings. The number of anilines is 12. The maximum absolute atomic E-state index is 2.50. The van der Waals surface area contributed by atoms with Crippen LogP contribution < -0.4 is 19.6 Å². The fourth-order valence-electron chi connectivity index (χ4n) is 10.8. The third-order valence-corrected chi connectivity index (χ3v) is 14.1. The lowest BCUT2D eigenvalue weighted by molar-refractivity contribution is 1.27. The van der Waals surface area contributed by atoms with Crippen LogP contribution >= 0.6 is 0 Å². The molecule has 0 saturated heterocycles. The van der Waals surface area contributed by atoms with Crippen molar-refractivity contribution in [2.45, 2.75) is 0 Å². The van der Waals surface area contributed by atoms with Gasteiger partial charge in [0.05, 0.1) is 22.7 Å². The first-order valence-corrected chi connectivity index (χ1v) is 25.3. The molecule has 350 valence electrons.